The van der Waals surface area contributed by atoms with Crippen molar-refractivity contribution in [3.63, 3.8) is 0 Å². The first-order valence-electron chi connectivity index (χ1n) is 8.79. The number of hydrogen-bond acceptors (Lipinski definition) is 3. The summed E-state index contributed by atoms with van der Waals surface area (Å²) in [6.07, 6.45) is 13.2. The van der Waals surface area contributed by atoms with E-state index in [1.807, 2.05) is 0 Å². The summed E-state index contributed by atoms with van der Waals surface area (Å²) in [5, 5.41) is 0. The molecule has 0 spiro atoms. The smallest absolute Gasteiger partial charge is 0.104 e. The summed E-state index contributed by atoms with van der Waals surface area (Å²) in [4.78, 5) is 0. The van der Waals surface area contributed by atoms with Crippen molar-refractivity contribution in [3.05, 3.63) is 12.8 Å². The van der Waals surface area contributed by atoms with Gasteiger partial charge in [0.1, 0.15) is 6.10 Å². The first-order valence-corrected chi connectivity index (χ1v) is 8.79. The molecule has 0 aromatic rings. The van der Waals surface area contributed by atoms with Gasteiger partial charge in [-0.1, -0.05) is 45.6 Å². The van der Waals surface area contributed by atoms with Gasteiger partial charge in [0.05, 0.1) is 31.7 Å². The lowest BCUT2D eigenvalue weighted by molar-refractivity contribution is -0.119. The van der Waals surface area contributed by atoms with E-state index in [-0.39, 0.29) is 5.60 Å². The Morgan fingerprint density at radius 2 is 2.00 bits per heavy atom. The van der Waals surface area contributed by atoms with Gasteiger partial charge in [-0.25, -0.2) is 0 Å². The average molecular weight is 296 g/mol. The zero-order valence-corrected chi connectivity index (χ0v) is 13.6. The second kappa shape index (κ2) is 8.79. The van der Waals surface area contributed by atoms with E-state index in [1.165, 1.54) is 44.9 Å². The molecule has 3 nitrogen and oxygen atoms in total. The van der Waals surface area contributed by atoms with E-state index < -0.39 is 0 Å². The number of ether oxygens (including phenoxy) is 3. The molecule has 0 radical (unpaired) electrons. The molecule has 2 fully saturated rings. The Kier molecular flexibility index (Phi) is 7.05. The molecule has 3 heteroatoms. The van der Waals surface area contributed by atoms with Gasteiger partial charge in [-0.2, -0.15) is 0 Å². The Morgan fingerprint density at radius 3 is 2.62 bits per heavy atom. The molecular weight excluding hydrogens is 264 g/mol. The van der Waals surface area contributed by atoms with Crippen molar-refractivity contribution in [2.45, 2.75) is 76.4 Å². The van der Waals surface area contributed by atoms with Gasteiger partial charge in [0.2, 0.25) is 0 Å². The summed E-state index contributed by atoms with van der Waals surface area (Å²) < 4.78 is 17.3. The van der Waals surface area contributed by atoms with Crippen molar-refractivity contribution in [3.8, 4) is 0 Å². The van der Waals surface area contributed by atoms with Crippen LogP contribution in [0.1, 0.15) is 64.7 Å². The summed E-state index contributed by atoms with van der Waals surface area (Å²) in [5.41, 5.74) is -0.00854. The standard InChI is InChI=1S/C18H32O3/c1-3-5-11-18(12-13-19-4-2,21-15-17-14-20-17)16-9-7-6-8-10-16/h4,16-17H,2-3,5-15H2,1H3. The van der Waals surface area contributed by atoms with E-state index in [0.717, 1.165) is 32.7 Å². The molecule has 122 valence electrons. The van der Waals surface area contributed by atoms with Gasteiger partial charge in [0.15, 0.2) is 0 Å². The van der Waals surface area contributed by atoms with Crippen LogP contribution in [-0.2, 0) is 14.2 Å². The molecule has 2 aliphatic rings. The normalized spacial score (nSPS) is 25.3. The van der Waals surface area contributed by atoms with Crippen LogP contribution in [0.3, 0.4) is 0 Å². The molecule has 0 aromatic carbocycles. The summed E-state index contributed by atoms with van der Waals surface area (Å²) in [6, 6.07) is 0. The minimum Gasteiger partial charge on any atom is -0.502 e. The van der Waals surface area contributed by atoms with E-state index in [0.29, 0.717) is 12.0 Å². The maximum atomic E-state index is 6.50. The lowest BCUT2D eigenvalue weighted by atomic mass is 9.72. The van der Waals surface area contributed by atoms with Gasteiger partial charge in [-0.05, 0) is 25.2 Å². The van der Waals surface area contributed by atoms with Gasteiger partial charge in [0.25, 0.3) is 0 Å². The first kappa shape index (κ1) is 16.8. The van der Waals surface area contributed by atoms with E-state index >= 15 is 0 Å². The number of hydrogen-bond donors (Lipinski definition) is 0. The molecule has 21 heavy (non-hydrogen) atoms. The van der Waals surface area contributed by atoms with Gasteiger partial charge < -0.3 is 14.2 Å². The Morgan fingerprint density at radius 1 is 1.24 bits per heavy atom. The van der Waals surface area contributed by atoms with Crippen molar-refractivity contribution in [2.75, 3.05) is 19.8 Å². The summed E-state index contributed by atoms with van der Waals surface area (Å²) >= 11 is 0. The molecule has 2 atom stereocenters. The SMILES string of the molecule is C=COCCC(CCCC)(OCC1CO1)C1CCCCC1. The van der Waals surface area contributed by atoms with Crippen LogP contribution in [0.5, 0.6) is 0 Å². The second-order valence-corrected chi connectivity index (χ2v) is 6.56. The molecule has 0 N–H and O–H groups in total. The fourth-order valence-electron chi connectivity index (χ4n) is 3.64. The third-order valence-electron chi connectivity index (χ3n) is 5.02. The fourth-order valence-corrected chi connectivity index (χ4v) is 3.64. The molecule has 1 saturated heterocycles. The van der Waals surface area contributed by atoms with Crippen molar-refractivity contribution in [1.29, 1.82) is 0 Å². The molecule has 1 saturated carbocycles. The van der Waals surface area contributed by atoms with Gasteiger partial charge in [0, 0.05) is 6.42 Å². The molecule has 0 amide bonds. The predicted octanol–water partition coefficient (Wildman–Crippen LogP) is 4.46. The zero-order chi connectivity index (χ0) is 15.0. The highest BCUT2D eigenvalue weighted by molar-refractivity contribution is 4.91. The monoisotopic (exact) mass is 296 g/mol. The highest BCUT2D eigenvalue weighted by atomic mass is 16.6. The Balaban J connectivity index is 2.01. The highest BCUT2D eigenvalue weighted by Gasteiger charge is 2.41. The minimum atomic E-state index is -0.00854. The third kappa shape index (κ3) is 5.30. The van der Waals surface area contributed by atoms with Crippen LogP contribution in [0.2, 0.25) is 0 Å². The predicted molar refractivity (Wildman–Crippen MR) is 85.3 cm³/mol. The third-order valence-corrected chi connectivity index (χ3v) is 5.02. The van der Waals surface area contributed by atoms with E-state index in [2.05, 4.69) is 13.5 Å². The van der Waals surface area contributed by atoms with Crippen LogP contribution < -0.4 is 0 Å². The average Bonchev–Trinajstić information content (AvgIpc) is 3.35. The van der Waals surface area contributed by atoms with Gasteiger partial charge in [-0.15, -0.1) is 0 Å². The molecule has 2 rings (SSSR count). The van der Waals surface area contributed by atoms with E-state index in [4.69, 9.17) is 14.2 Å². The molecule has 1 aliphatic heterocycles. The number of rotatable bonds is 11. The molecular formula is C18H32O3. The van der Waals surface area contributed by atoms with Crippen LogP contribution in [0.25, 0.3) is 0 Å². The Bertz CT molecular complexity index is 295. The van der Waals surface area contributed by atoms with Crippen molar-refractivity contribution < 1.29 is 14.2 Å². The maximum absolute atomic E-state index is 6.50. The second-order valence-electron chi connectivity index (χ2n) is 6.56. The van der Waals surface area contributed by atoms with Crippen LogP contribution in [0, 0.1) is 5.92 Å². The lowest BCUT2D eigenvalue weighted by Crippen LogP contribution is -2.44. The van der Waals surface area contributed by atoms with Crippen LogP contribution in [0.15, 0.2) is 12.8 Å². The molecule has 0 bridgehead atoms. The van der Waals surface area contributed by atoms with Crippen LogP contribution >= 0.6 is 0 Å². The maximum Gasteiger partial charge on any atom is 0.104 e. The van der Waals surface area contributed by atoms with E-state index in [1.54, 1.807) is 6.26 Å². The summed E-state index contributed by atoms with van der Waals surface area (Å²) in [6.45, 7) is 8.26. The van der Waals surface area contributed by atoms with Crippen LogP contribution in [0.4, 0.5) is 0 Å². The summed E-state index contributed by atoms with van der Waals surface area (Å²) in [7, 11) is 0. The summed E-state index contributed by atoms with van der Waals surface area (Å²) in [5.74, 6) is 0.685. The highest BCUT2D eigenvalue weighted by Crippen LogP contribution is 2.41. The van der Waals surface area contributed by atoms with E-state index in [9.17, 15) is 0 Å². The lowest BCUT2D eigenvalue weighted by Gasteiger charge is -2.43. The topological polar surface area (TPSA) is 31.0 Å². The van der Waals surface area contributed by atoms with Gasteiger partial charge in [-0.3, -0.25) is 0 Å². The molecule has 0 aromatic heterocycles. The zero-order valence-electron chi connectivity index (χ0n) is 13.6. The Labute approximate surface area is 130 Å². The van der Waals surface area contributed by atoms with Crippen molar-refractivity contribution in [1.82, 2.24) is 0 Å². The fraction of sp³-hybridized carbons (Fsp3) is 0.889. The minimum absolute atomic E-state index is 0.00854. The Hall–Kier alpha value is -0.540. The van der Waals surface area contributed by atoms with Crippen LogP contribution in [-0.4, -0.2) is 31.5 Å². The molecule has 2 unspecified atom stereocenters. The molecule has 1 aliphatic carbocycles. The quantitative estimate of drug-likeness (QED) is 0.320. The van der Waals surface area contributed by atoms with Crippen molar-refractivity contribution >= 4 is 0 Å². The van der Waals surface area contributed by atoms with Gasteiger partial charge >= 0.3 is 0 Å². The molecule has 1 heterocycles. The largest absolute Gasteiger partial charge is 0.502 e. The van der Waals surface area contributed by atoms with Crippen molar-refractivity contribution in [2.24, 2.45) is 5.92 Å². The first-order chi connectivity index (χ1) is 10.3. The number of unbranched alkanes of at least 4 members (excludes halogenated alkanes) is 1. The number of epoxide rings is 1.